The van der Waals surface area contributed by atoms with Crippen molar-refractivity contribution in [3.05, 3.63) is 54.4 Å². The third kappa shape index (κ3) is 4.78. The summed E-state index contributed by atoms with van der Waals surface area (Å²) in [7, 11) is 0. The van der Waals surface area contributed by atoms with Gasteiger partial charge in [-0.2, -0.15) is 0 Å². The maximum atomic E-state index is 13.5. The fourth-order valence-corrected chi connectivity index (χ4v) is 5.59. The molecular weight excluding hydrogens is 428 g/mol. The number of urea groups is 1. The zero-order valence-electron chi connectivity index (χ0n) is 19.8. The van der Waals surface area contributed by atoms with Crippen LogP contribution in [0.4, 0.5) is 10.7 Å². The van der Waals surface area contributed by atoms with E-state index in [9.17, 15) is 9.59 Å². The molecule has 4 heterocycles. The Morgan fingerprint density at radius 1 is 0.824 bits per heavy atom. The third-order valence-electron chi connectivity index (χ3n) is 7.41. The molecule has 3 fully saturated rings. The van der Waals surface area contributed by atoms with Crippen molar-refractivity contribution in [2.45, 2.75) is 44.1 Å². The second kappa shape index (κ2) is 10.5. The molecule has 1 aromatic carbocycles. The van der Waals surface area contributed by atoms with Gasteiger partial charge < -0.3 is 9.80 Å². The predicted molar refractivity (Wildman–Crippen MR) is 131 cm³/mol. The molecule has 5 rings (SSSR count). The van der Waals surface area contributed by atoms with E-state index in [0.29, 0.717) is 6.54 Å². The monoisotopic (exact) mass is 462 g/mol. The first-order valence-electron chi connectivity index (χ1n) is 12.6. The summed E-state index contributed by atoms with van der Waals surface area (Å²) >= 11 is 0. The number of aromatic nitrogens is 2. The lowest BCUT2D eigenvalue weighted by atomic mass is 9.82. The summed E-state index contributed by atoms with van der Waals surface area (Å²) in [5, 5.41) is 0. The summed E-state index contributed by atoms with van der Waals surface area (Å²) in [5.41, 5.74) is 1.03. The summed E-state index contributed by atoms with van der Waals surface area (Å²) in [6.07, 6.45) is 8.38. The molecule has 2 aromatic rings. The molecule has 3 aliphatic rings. The molecule has 3 amide bonds. The van der Waals surface area contributed by atoms with Gasteiger partial charge in [0.1, 0.15) is 0 Å². The number of fused-ring (bicyclic) bond motifs is 1. The fraction of sp³-hybridized carbons (Fsp3) is 0.538. The number of carbonyl (C=O) groups excluding carboxylic acids is 2. The Morgan fingerprint density at radius 2 is 1.56 bits per heavy atom. The van der Waals surface area contributed by atoms with Gasteiger partial charge in [-0.1, -0.05) is 30.3 Å². The first kappa shape index (κ1) is 22.8. The molecule has 2 unspecified atom stereocenters. The molecule has 3 saturated heterocycles. The standard InChI is InChI=1S/C26H34N6O2/c33-24-23(21-9-2-1-3-10-21)22-11-4-5-15-31(22)26(34)32(24)16-7-6-14-29-17-19-30(20-18-29)25-27-12-8-13-28-25/h1-3,8-10,12-13,22-23H,4-7,11,14-20H2. The average Bonchev–Trinajstić information content (AvgIpc) is 2.90. The second-order valence-corrected chi connectivity index (χ2v) is 9.50. The molecule has 0 N–H and O–H groups in total. The van der Waals surface area contributed by atoms with Gasteiger partial charge in [0, 0.05) is 57.7 Å². The third-order valence-corrected chi connectivity index (χ3v) is 7.41. The number of unbranched alkanes of at least 4 members (excludes halogenated alkanes) is 1. The SMILES string of the molecule is O=C1C(c2ccccc2)C2CCCCN2C(=O)N1CCCCN1CCN(c2ncccn2)CC1. The Hall–Kier alpha value is -3.00. The highest BCUT2D eigenvalue weighted by Crippen LogP contribution is 2.36. The maximum absolute atomic E-state index is 13.5. The lowest BCUT2D eigenvalue weighted by Gasteiger charge is -2.47. The van der Waals surface area contributed by atoms with Crippen molar-refractivity contribution in [3.8, 4) is 0 Å². The number of rotatable bonds is 7. The predicted octanol–water partition coefficient (Wildman–Crippen LogP) is 2.98. The number of carbonyl (C=O) groups is 2. The minimum absolute atomic E-state index is 0.00251. The summed E-state index contributed by atoms with van der Waals surface area (Å²) in [6, 6.07) is 11.8. The van der Waals surface area contributed by atoms with E-state index in [4.69, 9.17) is 0 Å². The zero-order chi connectivity index (χ0) is 23.3. The number of benzene rings is 1. The van der Waals surface area contributed by atoms with Gasteiger partial charge in [0.05, 0.1) is 5.92 Å². The van der Waals surface area contributed by atoms with Crippen molar-refractivity contribution in [1.82, 2.24) is 24.7 Å². The molecule has 8 nitrogen and oxygen atoms in total. The van der Waals surface area contributed by atoms with Crippen LogP contribution in [0.2, 0.25) is 0 Å². The first-order valence-corrected chi connectivity index (χ1v) is 12.6. The lowest BCUT2D eigenvalue weighted by molar-refractivity contribution is -0.135. The van der Waals surface area contributed by atoms with Crippen molar-refractivity contribution in [2.75, 3.05) is 50.7 Å². The molecule has 3 aliphatic heterocycles. The molecule has 2 atom stereocenters. The van der Waals surface area contributed by atoms with Crippen LogP contribution in [-0.4, -0.2) is 88.5 Å². The number of anilines is 1. The van der Waals surface area contributed by atoms with Crippen molar-refractivity contribution < 1.29 is 9.59 Å². The van der Waals surface area contributed by atoms with E-state index < -0.39 is 0 Å². The van der Waals surface area contributed by atoms with Crippen LogP contribution in [0.1, 0.15) is 43.6 Å². The molecule has 0 bridgehead atoms. The second-order valence-electron chi connectivity index (χ2n) is 9.50. The summed E-state index contributed by atoms with van der Waals surface area (Å²) in [6.45, 7) is 6.03. The van der Waals surface area contributed by atoms with Crippen LogP contribution in [0.25, 0.3) is 0 Å². The summed E-state index contributed by atoms with van der Waals surface area (Å²) in [4.78, 5) is 43.6. The Morgan fingerprint density at radius 3 is 2.32 bits per heavy atom. The Kier molecular flexibility index (Phi) is 7.04. The van der Waals surface area contributed by atoms with E-state index in [1.54, 1.807) is 12.4 Å². The van der Waals surface area contributed by atoms with E-state index in [1.807, 2.05) is 41.3 Å². The van der Waals surface area contributed by atoms with Crippen LogP contribution in [0.3, 0.4) is 0 Å². The normalized spacial score (nSPS) is 23.8. The topological polar surface area (TPSA) is 72.9 Å². The molecule has 8 heteroatoms. The van der Waals surface area contributed by atoms with Gasteiger partial charge in [-0.25, -0.2) is 14.8 Å². The first-order chi connectivity index (χ1) is 16.7. The summed E-state index contributed by atoms with van der Waals surface area (Å²) in [5.74, 6) is 0.538. The molecule has 34 heavy (non-hydrogen) atoms. The number of nitrogens with zero attached hydrogens (tertiary/aromatic N) is 6. The average molecular weight is 463 g/mol. The number of hydrogen-bond acceptors (Lipinski definition) is 6. The van der Waals surface area contributed by atoms with Gasteiger partial charge in [-0.3, -0.25) is 14.6 Å². The highest BCUT2D eigenvalue weighted by Gasteiger charge is 2.47. The Labute approximate surface area is 201 Å². The molecular formula is C26H34N6O2. The van der Waals surface area contributed by atoms with Gasteiger partial charge in [0.15, 0.2) is 0 Å². The summed E-state index contributed by atoms with van der Waals surface area (Å²) < 4.78 is 0. The van der Waals surface area contributed by atoms with Crippen LogP contribution in [0, 0.1) is 0 Å². The van der Waals surface area contributed by atoms with Gasteiger partial charge >= 0.3 is 6.03 Å². The Balaban J connectivity index is 1.14. The van der Waals surface area contributed by atoms with Crippen molar-refractivity contribution >= 4 is 17.9 Å². The van der Waals surface area contributed by atoms with E-state index >= 15 is 0 Å². The van der Waals surface area contributed by atoms with Crippen molar-refractivity contribution in [2.24, 2.45) is 0 Å². The van der Waals surface area contributed by atoms with E-state index in [2.05, 4.69) is 19.8 Å². The van der Waals surface area contributed by atoms with Crippen molar-refractivity contribution in [1.29, 1.82) is 0 Å². The number of hydrogen-bond donors (Lipinski definition) is 0. The van der Waals surface area contributed by atoms with Crippen LogP contribution in [-0.2, 0) is 4.79 Å². The largest absolute Gasteiger partial charge is 0.338 e. The molecule has 0 spiro atoms. The number of amides is 3. The van der Waals surface area contributed by atoms with Gasteiger partial charge in [0.25, 0.3) is 0 Å². The molecule has 0 saturated carbocycles. The lowest BCUT2D eigenvalue weighted by Crippen LogP contribution is -2.62. The highest BCUT2D eigenvalue weighted by molar-refractivity contribution is 6.01. The minimum atomic E-state index is -0.243. The van der Waals surface area contributed by atoms with Crippen LogP contribution < -0.4 is 4.90 Å². The molecule has 0 aliphatic carbocycles. The van der Waals surface area contributed by atoms with Crippen molar-refractivity contribution in [3.63, 3.8) is 0 Å². The highest BCUT2D eigenvalue weighted by atomic mass is 16.2. The molecule has 1 aromatic heterocycles. The number of piperidine rings is 1. The Bertz CT molecular complexity index is 964. The maximum Gasteiger partial charge on any atom is 0.326 e. The van der Waals surface area contributed by atoms with Gasteiger partial charge in [0.2, 0.25) is 11.9 Å². The number of piperazine rings is 1. The number of imide groups is 1. The van der Waals surface area contributed by atoms with E-state index in [0.717, 1.165) is 82.9 Å². The van der Waals surface area contributed by atoms with Crippen LogP contribution >= 0.6 is 0 Å². The van der Waals surface area contributed by atoms with Gasteiger partial charge in [-0.15, -0.1) is 0 Å². The van der Waals surface area contributed by atoms with E-state index in [-0.39, 0.29) is 23.9 Å². The smallest absolute Gasteiger partial charge is 0.326 e. The minimum Gasteiger partial charge on any atom is -0.338 e. The van der Waals surface area contributed by atoms with Crippen LogP contribution in [0.5, 0.6) is 0 Å². The molecule has 180 valence electrons. The quantitative estimate of drug-likeness (QED) is 0.589. The van der Waals surface area contributed by atoms with E-state index in [1.165, 1.54) is 4.90 Å². The van der Waals surface area contributed by atoms with Gasteiger partial charge in [-0.05, 0) is 50.3 Å². The fourth-order valence-electron chi connectivity index (χ4n) is 5.59. The van der Waals surface area contributed by atoms with Crippen LogP contribution in [0.15, 0.2) is 48.8 Å². The zero-order valence-corrected chi connectivity index (χ0v) is 19.8. The molecule has 0 radical (unpaired) electrons.